The van der Waals surface area contributed by atoms with E-state index in [2.05, 4.69) is 0 Å². The predicted molar refractivity (Wildman–Crippen MR) is 61.7 cm³/mol. The molecule has 0 unspecified atom stereocenters. The lowest BCUT2D eigenvalue weighted by molar-refractivity contribution is 0.320. The summed E-state index contributed by atoms with van der Waals surface area (Å²) in [5, 5.41) is 8.59. The molecule has 0 amide bonds. The Kier molecular flexibility index (Phi) is 3.28. The maximum Gasteiger partial charge on any atom is 0.183 e. The van der Waals surface area contributed by atoms with Crippen molar-refractivity contribution < 1.29 is 8.78 Å². The standard InChI is InChI=1S/C13H14F2N2/c1-17(8-9-3-2-4-9)11-6-5-10(7-16)12(14)13(11)15/h5-6,9H,2-4,8H2,1H3. The van der Waals surface area contributed by atoms with Crippen LogP contribution in [-0.2, 0) is 0 Å². The zero-order valence-electron chi connectivity index (χ0n) is 9.71. The minimum atomic E-state index is -1.05. The van der Waals surface area contributed by atoms with Gasteiger partial charge in [-0.2, -0.15) is 5.26 Å². The highest BCUT2D eigenvalue weighted by Crippen LogP contribution is 2.30. The van der Waals surface area contributed by atoms with E-state index in [1.807, 2.05) is 0 Å². The molecule has 0 heterocycles. The van der Waals surface area contributed by atoms with Gasteiger partial charge in [0.25, 0.3) is 0 Å². The molecule has 1 fully saturated rings. The van der Waals surface area contributed by atoms with E-state index in [0.717, 1.165) is 19.4 Å². The van der Waals surface area contributed by atoms with Gasteiger partial charge in [0, 0.05) is 13.6 Å². The lowest BCUT2D eigenvalue weighted by atomic mass is 9.85. The highest BCUT2D eigenvalue weighted by atomic mass is 19.2. The van der Waals surface area contributed by atoms with E-state index in [4.69, 9.17) is 5.26 Å². The Hall–Kier alpha value is -1.63. The summed E-state index contributed by atoms with van der Waals surface area (Å²) in [6.45, 7) is 0.738. The summed E-state index contributed by atoms with van der Waals surface area (Å²) >= 11 is 0. The average molecular weight is 236 g/mol. The second kappa shape index (κ2) is 4.70. The van der Waals surface area contributed by atoms with Gasteiger partial charge in [-0.05, 0) is 30.9 Å². The van der Waals surface area contributed by atoms with Crippen molar-refractivity contribution in [1.82, 2.24) is 0 Å². The van der Waals surface area contributed by atoms with Crippen LogP contribution in [0.2, 0.25) is 0 Å². The van der Waals surface area contributed by atoms with Gasteiger partial charge in [0.05, 0.1) is 11.3 Å². The Morgan fingerprint density at radius 3 is 2.59 bits per heavy atom. The van der Waals surface area contributed by atoms with Crippen LogP contribution in [0.15, 0.2) is 12.1 Å². The first-order chi connectivity index (χ1) is 8.13. The largest absolute Gasteiger partial charge is 0.372 e. The number of benzene rings is 1. The molecule has 0 radical (unpaired) electrons. The summed E-state index contributed by atoms with van der Waals surface area (Å²) in [6, 6.07) is 4.42. The van der Waals surface area contributed by atoms with E-state index in [9.17, 15) is 8.78 Å². The lowest BCUT2D eigenvalue weighted by Gasteiger charge is -2.31. The van der Waals surface area contributed by atoms with Gasteiger partial charge in [-0.3, -0.25) is 0 Å². The van der Waals surface area contributed by atoms with E-state index in [1.165, 1.54) is 18.6 Å². The predicted octanol–water partition coefficient (Wildman–Crippen LogP) is 3.07. The molecule has 0 aromatic heterocycles. The van der Waals surface area contributed by atoms with Gasteiger partial charge in [-0.15, -0.1) is 0 Å². The molecule has 2 rings (SSSR count). The van der Waals surface area contributed by atoms with Gasteiger partial charge < -0.3 is 4.90 Å². The molecule has 1 saturated carbocycles. The van der Waals surface area contributed by atoms with Crippen LogP contribution in [-0.4, -0.2) is 13.6 Å². The molecule has 1 aromatic rings. The smallest absolute Gasteiger partial charge is 0.183 e. The molecule has 0 bridgehead atoms. The second-order valence-corrected chi connectivity index (χ2v) is 4.55. The number of hydrogen-bond acceptors (Lipinski definition) is 2. The summed E-state index contributed by atoms with van der Waals surface area (Å²) in [6.07, 6.45) is 3.54. The van der Waals surface area contributed by atoms with Crippen molar-refractivity contribution in [3.8, 4) is 6.07 Å². The maximum absolute atomic E-state index is 13.7. The third kappa shape index (κ3) is 2.23. The first kappa shape index (κ1) is 11.8. The van der Waals surface area contributed by atoms with E-state index < -0.39 is 11.6 Å². The minimum absolute atomic E-state index is 0.230. The van der Waals surface area contributed by atoms with Crippen LogP contribution in [0.25, 0.3) is 0 Å². The summed E-state index contributed by atoms with van der Waals surface area (Å²) < 4.78 is 27.1. The topological polar surface area (TPSA) is 27.0 Å². The summed E-state index contributed by atoms with van der Waals surface area (Å²) in [4.78, 5) is 1.73. The number of halogens is 2. The maximum atomic E-state index is 13.7. The fourth-order valence-corrected chi connectivity index (χ4v) is 2.08. The van der Waals surface area contributed by atoms with E-state index in [-0.39, 0.29) is 11.3 Å². The van der Waals surface area contributed by atoms with Crippen LogP contribution in [0.4, 0.5) is 14.5 Å². The molecule has 0 spiro atoms. The van der Waals surface area contributed by atoms with Crippen molar-refractivity contribution >= 4 is 5.69 Å². The first-order valence-corrected chi connectivity index (χ1v) is 5.72. The van der Waals surface area contributed by atoms with Crippen molar-refractivity contribution in [2.45, 2.75) is 19.3 Å². The first-order valence-electron chi connectivity index (χ1n) is 5.72. The number of nitrogens with zero attached hydrogens (tertiary/aromatic N) is 2. The lowest BCUT2D eigenvalue weighted by Crippen LogP contribution is -2.30. The number of nitriles is 1. The van der Waals surface area contributed by atoms with Gasteiger partial charge in [0.15, 0.2) is 11.6 Å². The van der Waals surface area contributed by atoms with Gasteiger partial charge in [-0.25, -0.2) is 8.78 Å². The quantitative estimate of drug-likeness (QED) is 0.806. The van der Waals surface area contributed by atoms with Crippen molar-refractivity contribution in [3.63, 3.8) is 0 Å². The van der Waals surface area contributed by atoms with E-state index in [1.54, 1.807) is 18.0 Å². The molecule has 1 aliphatic rings. The zero-order chi connectivity index (χ0) is 12.4. The normalized spacial score (nSPS) is 15.2. The van der Waals surface area contributed by atoms with Crippen LogP contribution >= 0.6 is 0 Å². The monoisotopic (exact) mass is 236 g/mol. The highest BCUT2D eigenvalue weighted by molar-refractivity contribution is 5.51. The van der Waals surface area contributed by atoms with Crippen LogP contribution in [0, 0.1) is 28.9 Å². The summed E-state index contributed by atoms with van der Waals surface area (Å²) in [5.41, 5.74) is -0.0169. The molecule has 0 N–H and O–H groups in total. The third-order valence-corrected chi connectivity index (χ3v) is 3.35. The molecular formula is C13H14F2N2. The molecule has 90 valence electrons. The van der Waals surface area contributed by atoms with Crippen molar-refractivity contribution in [2.75, 3.05) is 18.5 Å². The number of anilines is 1. The second-order valence-electron chi connectivity index (χ2n) is 4.55. The Morgan fingerprint density at radius 2 is 2.06 bits per heavy atom. The number of hydrogen-bond donors (Lipinski definition) is 0. The number of rotatable bonds is 3. The van der Waals surface area contributed by atoms with Gasteiger partial charge in [-0.1, -0.05) is 6.42 Å². The van der Waals surface area contributed by atoms with Crippen molar-refractivity contribution in [3.05, 3.63) is 29.3 Å². The molecule has 0 aliphatic heterocycles. The fraction of sp³-hybridized carbons (Fsp3) is 0.462. The highest BCUT2D eigenvalue weighted by Gasteiger charge is 2.22. The average Bonchev–Trinajstić information content (AvgIpc) is 2.27. The van der Waals surface area contributed by atoms with E-state index in [0.29, 0.717) is 5.92 Å². The van der Waals surface area contributed by atoms with Crippen molar-refractivity contribution in [1.29, 1.82) is 5.26 Å². The Labute approximate surface area is 99.5 Å². The van der Waals surface area contributed by atoms with Gasteiger partial charge in [0.2, 0.25) is 0 Å². The molecular weight excluding hydrogens is 222 g/mol. The Morgan fingerprint density at radius 1 is 1.35 bits per heavy atom. The summed E-state index contributed by atoms with van der Waals surface area (Å²) in [7, 11) is 1.75. The zero-order valence-corrected chi connectivity index (χ0v) is 9.71. The summed E-state index contributed by atoms with van der Waals surface area (Å²) in [5.74, 6) is -1.39. The minimum Gasteiger partial charge on any atom is -0.372 e. The van der Waals surface area contributed by atoms with Crippen LogP contribution < -0.4 is 4.90 Å². The van der Waals surface area contributed by atoms with Crippen LogP contribution in [0.3, 0.4) is 0 Å². The fourth-order valence-electron chi connectivity index (χ4n) is 2.08. The molecule has 0 saturated heterocycles. The molecule has 17 heavy (non-hydrogen) atoms. The Balaban J connectivity index is 2.20. The Bertz CT molecular complexity index is 461. The van der Waals surface area contributed by atoms with Crippen molar-refractivity contribution in [2.24, 2.45) is 5.92 Å². The third-order valence-electron chi connectivity index (χ3n) is 3.35. The van der Waals surface area contributed by atoms with Gasteiger partial charge in [0.1, 0.15) is 6.07 Å². The SMILES string of the molecule is CN(CC1CCC1)c1ccc(C#N)c(F)c1F. The van der Waals surface area contributed by atoms with Crippen LogP contribution in [0.5, 0.6) is 0 Å². The van der Waals surface area contributed by atoms with Crippen LogP contribution in [0.1, 0.15) is 24.8 Å². The molecule has 1 aromatic carbocycles. The molecule has 1 aliphatic carbocycles. The van der Waals surface area contributed by atoms with E-state index >= 15 is 0 Å². The van der Waals surface area contributed by atoms with Gasteiger partial charge >= 0.3 is 0 Å². The molecule has 2 nitrogen and oxygen atoms in total. The molecule has 0 atom stereocenters. The molecule has 4 heteroatoms.